The summed E-state index contributed by atoms with van der Waals surface area (Å²) in [5.41, 5.74) is 9.39. The van der Waals surface area contributed by atoms with Crippen molar-refractivity contribution in [2.45, 2.75) is 39.2 Å². The first-order valence-corrected chi connectivity index (χ1v) is 20.0. The number of ether oxygens (including phenoxy) is 2. The molecule has 0 spiro atoms. The van der Waals surface area contributed by atoms with Crippen molar-refractivity contribution in [2.75, 3.05) is 109 Å². The Bertz CT molecular complexity index is 1960. The van der Waals surface area contributed by atoms with E-state index in [-0.39, 0.29) is 49.7 Å². The number of carbonyl (C=O) groups is 3. The van der Waals surface area contributed by atoms with Crippen LogP contribution in [0.25, 0.3) is 22.3 Å². The van der Waals surface area contributed by atoms with E-state index in [1.165, 1.54) is 18.7 Å². The lowest BCUT2D eigenvalue weighted by atomic mass is 10.1. The molecule has 0 bridgehead atoms. The number of hydrogen-bond donors (Lipinski definition) is 5. The maximum absolute atomic E-state index is 12.6. The van der Waals surface area contributed by atoms with Gasteiger partial charge in [-0.2, -0.15) is 5.10 Å². The Morgan fingerprint density at radius 1 is 0.862 bits per heavy atom. The Labute approximate surface area is 337 Å². The molecule has 312 valence electrons. The second-order valence-electron chi connectivity index (χ2n) is 14.3. The van der Waals surface area contributed by atoms with Gasteiger partial charge in [-0.05, 0) is 43.5 Å². The van der Waals surface area contributed by atoms with Crippen molar-refractivity contribution in [3.8, 4) is 17.0 Å². The molecule has 2 fully saturated rings. The lowest BCUT2D eigenvalue weighted by molar-refractivity contribution is -0.133. The fourth-order valence-corrected chi connectivity index (χ4v) is 6.80. The fraction of sp³-hybridized carbons (Fsp3) is 0.538. The van der Waals surface area contributed by atoms with Gasteiger partial charge < -0.3 is 46.1 Å². The van der Waals surface area contributed by atoms with E-state index in [4.69, 9.17) is 20.3 Å². The van der Waals surface area contributed by atoms with Gasteiger partial charge in [-0.3, -0.25) is 19.3 Å². The number of unbranched alkanes of at least 4 members (excludes halogenated alkanes) is 1. The highest BCUT2D eigenvalue weighted by Gasteiger charge is 2.21. The summed E-state index contributed by atoms with van der Waals surface area (Å²) in [6.45, 7) is 12.0. The highest BCUT2D eigenvalue weighted by molar-refractivity contribution is 5.98. The highest BCUT2D eigenvalue weighted by Crippen LogP contribution is 2.32. The van der Waals surface area contributed by atoms with E-state index in [0.29, 0.717) is 66.8 Å². The Morgan fingerprint density at radius 2 is 1.62 bits per heavy atom. The van der Waals surface area contributed by atoms with E-state index < -0.39 is 0 Å². The zero-order valence-electron chi connectivity index (χ0n) is 33.2. The number of aromatic nitrogens is 6. The summed E-state index contributed by atoms with van der Waals surface area (Å²) in [5.74, 6) is 0.880. The molecule has 0 unspecified atom stereocenters. The smallest absolute Gasteiger partial charge is 0.254 e. The number of phenolic OH excluding ortho intramolecular Hbond substituents is 1. The SMILES string of the molecule is Cc1cc(-c2nn(CCCCNC(=O)CCOCCNC(=O)c3cnc(N4CCN(CCOCCC(=O)N5CCNCC5)CC4)nc3)c3ncnc(N)c23)ccc1O. The lowest BCUT2D eigenvalue weighted by Gasteiger charge is -2.34. The molecular weight excluding hydrogens is 747 g/mol. The van der Waals surface area contributed by atoms with Crippen LogP contribution in [0.1, 0.15) is 41.6 Å². The summed E-state index contributed by atoms with van der Waals surface area (Å²) >= 11 is 0. The highest BCUT2D eigenvalue weighted by atomic mass is 16.5. The monoisotopic (exact) mass is 801 g/mol. The van der Waals surface area contributed by atoms with Gasteiger partial charge in [0.2, 0.25) is 17.8 Å². The van der Waals surface area contributed by atoms with Gasteiger partial charge in [-0.1, -0.05) is 0 Å². The van der Waals surface area contributed by atoms with E-state index in [0.717, 1.165) is 82.9 Å². The Kier molecular flexibility index (Phi) is 15.5. The molecule has 6 N–H and O–H groups in total. The molecule has 5 heterocycles. The quantitative estimate of drug-likeness (QED) is 0.0770. The first kappa shape index (κ1) is 42.1. The van der Waals surface area contributed by atoms with Gasteiger partial charge in [-0.15, -0.1) is 0 Å². The number of aromatic hydroxyl groups is 1. The van der Waals surface area contributed by atoms with Gasteiger partial charge in [-0.25, -0.2) is 24.6 Å². The molecule has 0 saturated carbocycles. The van der Waals surface area contributed by atoms with Crippen LogP contribution in [0.4, 0.5) is 11.8 Å². The molecule has 19 nitrogen and oxygen atoms in total. The van der Waals surface area contributed by atoms with Gasteiger partial charge in [0.15, 0.2) is 5.65 Å². The van der Waals surface area contributed by atoms with E-state index in [1.807, 2.05) is 17.9 Å². The minimum atomic E-state index is -0.293. The van der Waals surface area contributed by atoms with Crippen LogP contribution in [-0.2, 0) is 25.6 Å². The molecule has 0 radical (unpaired) electrons. The van der Waals surface area contributed by atoms with Gasteiger partial charge >= 0.3 is 0 Å². The van der Waals surface area contributed by atoms with Crippen LogP contribution < -0.4 is 26.6 Å². The third kappa shape index (κ3) is 11.8. The fourth-order valence-electron chi connectivity index (χ4n) is 6.80. The van der Waals surface area contributed by atoms with Crippen molar-refractivity contribution < 1.29 is 29.0 Å². The Morgan fingerprint density at radius 3 is 2.40 bits per heavy atom. The Hall–Kier alpha value is -5.50. The average molecular weight is 802 g/mol. The molecule has 4 aromatic rings. The number of nitrogens with one attached hydrogen (secondary N) is 3. The van der Waals surface area contributed by atoms with Crippen LogP contribution in [0, 0.1) is 6.92 Å². The number of aryl methyl sites for hydroxylation is 2. The summed E-state index contributed by atoms with van der Waals surface area (Å²) < 4.78 is 13.1. The number of rotatable bonds is 20. The lowest BCUT2D eigenvalue weighted by Crippen LogP contribution is -2.48. The number of piperazine rings is 2. The molecular formula is C39H55N13O6. The van der Waals surface area contributed by atoms with Gasteiger partial charge in [0, 0.05) is 103 Å². The topological polar surface area (TPSA) is 231 Å². The molecule has 6 rings (SSSR count). The van der Waals surface area contributed by atoms with Crippen LogP contribution in [0.5, 0.6) is 5.75 Å². The number of nitrogens with two attached hydrogens (primary N) is 1. The van der Waals surface area contributed by atoms with Crippen LogP contribution in [0.2, 0.25) is 0 Å². The molecule has 2 aliphatic rings. The summed E-state index contributed by atoms with van der Waals surface area (Å²) in [7, 11) is 0. The van der Waals surface area contributed by atoms with Crippen LogP contribution in [-0.4, -0.2) is 161 Å². The number of benzene rings is 1. The maximum atomic E-state index is 12.6. The number of carbonyl (C=O) groups excluding carboxylic acids is 3. The largest absolute Gasteiger partial charge is 0.508 e. The van der Waals surface area contributed by atoms with E-state index >= 15 is 0 Å². The molecule has 58 heavy (non-hydrogen) atoms. The molecule has 3 amide bonds. The molecule has 0 aliphatic carbocycles. The molecule has 3 aromatic heterocycles. The predicted molar refractivity (Wildman–Crippen MR) is 217 cm³/mol. The van der Waals surface area contributed by atoms with Crippen LogP contribution >= 0.6 is 0 Å². The molecule has 1 aromatic carbocycles. The summed E-state index contributed by atoms with van der Waals surface area (Å²) in [5, 5.41) is 24.4. The number of nitrogen functional groups attached to an aromatic ring is 1. The van der Waals surface area contributed by atoms with Gasteiger partial charge in [0.1, 0.15) is 23.6 Å². The third-order valence-electron chi connectivity index (χ3n) is 10.2. The van der Waals surface area contributed by atoms with Crippen LogP contribution in [0.3, 0.4) is 0 Å². The normalized spacial score (nSPS) is 14.8. The maximum Gasteiger partial charge on any atom is 0.254 e. The standard InChI is InChI=1S/C39H55N13O6/c1-28-24-29(4-5-31(28)53)35-34-36(40)46-27-47-37(34)52(48-35)12-3-2-8-42-32(54)6-20-57-22-11-43-38(56)30-25-44-39(45-26-30)51-17-15-49(16-18-51)19-23-58-21-7-33(55)50-13-9-41-10-14-50/h4-5,24-27,41,53H,2-3,6-23H2,1H3,(H,42,54)(H,43,56)(H2,40,46,47). The number of hydrogen-bond acceptors (Lipinski definition) is 15. The average Bonchev–Trinajstić information content (AvgIpc) is 3.62. The second-order valence-corrected chi connectivity index (χ2v) is 14.3. The summed E-state index contributed by atoms with van der Waals surface area (Å²) in [6.07, 6.45) is 6.58. The van der Waals surface area contributed by atoms with Crippen molar-refractivity contribution in [3.05, 3.63) is 48.0 Å². The van der Waals surface area contributed by atoms with Crippen molar-refractivity contribution >= 4 is 40.5 Å². The number of phenols is 1. The van der Waals surface area contributed by atoms with Gasteiger partial charge in [0.25, 0.3) is 5.91 Å². The van der Waals surface area contributed by atoms with Gasteiger partial charge in [0.05, 0.1) is 43.8 Å². The van der Waals surface area contributed by atoms with Crippen molar-refractivity contribution in [3.63, 3.8) is 0 Å². The predicted octanol–water partition coefficient (Wildman–Crippen LogP) is 0.573. The number of nitrogens with zero attached hydrogens (tertiary/aromatic N) is 9. The zero-order chi connectivity index (χ0) is 40.7. The third-order valence-corrected chi connectivity index (χ3v) is 10.2. The van der Waals surface area contributed by atoms with Crippen molar-refractivity contribution in [2.24, 2.45) is 0 Å². The Balaban J connectivity index is 0.789. The van der Waals surface area contributed by atoms with Crippen LogP contribution in [0.15, 0.2) is 36.9 Å². The summed E-state index contributed by atoms with van der Waals surface area (Å²) in [4.78, 5) is 60.9. The number of amides is 3. The molecule has 19 heteroatoms. The zero-order valence-corrected chi connectivity index (χ0v) is 33.2. The molecule has 2 saturated heterocycles. The van der Waals surface area contributed by atoms with Crippen molar-refractivity contribution in [1.82, 2.24) is 55.5 Å². The first-order chi connectivity index (χ1) is 28.3. The van der Waals surface area contributed by atoms with E-state index in [2.05, 4.69) is 45.7 Å². The van der Waals surface area contributed by atoms with E-state index in [1.54, 1.807) is 16.8 Å². The number of anilines is 2. The van der Waals surface area contributed by atoms with E-state index in [9.17, 15) is 19.5 Å². The minimum absolute atomic E-state index is 0.113. The number of fused-ring (bicyclic) bond motifs is 1. The first-order valence-electron chi connectivity index (χ1n) is 20.0. The summed E-state index contributed by atoms with van der Waals surface area (Å²) in [6, 6.07) is 5.27. The molecule has 0 atom stereocenters. The second kappa shape index (κ2) is 21.3. The minimum Gasteiger partial charge on any atom is -0.508 e. The van der Waals surface area contributed by atoms with Crippen molar-refractivity contribution in [1.29, 1.82) is 0 Å². The molecule has 2 aliphatic heterocycles.